The Kier molecular flexibility index (Phi) is 3.56. The van der Waals surface area contributed by atoms with Crippen LogP contribution in [0.2, 0.25) is 0 Å². The van der Waals surface area contributed by atoms with Gasteiger partial charge in [0.05, 0.1) is 11.7 Å². The molecule has 0 fully saturated rings. The lowest BCUT2D eigenvalue weighted by molar-refractivity contribution is 0.808. The van der Waals surface area contributed by atoms with Gasteiger partial charge in [-0.3, -0.25) is 0 Å². The molecule has 0 atom stereocenters. The van der Waals surface area contributed by atoms with Gasteiger partial charge in [-0.05, 0) is 31.0 Å². The molecule has 0 bridgehead atoms. The molecule has 5 heteroatoms. The summed E-state index contributed by atoms with van der Waals surface area (Å²) in [5.74, 6) is 1.07. The predicted molar refractivity (Wildman–Crippen MR) is 83.4 cm³/mol. The Labute approximate surface area is 124 Å². The van der Waals surface area contributed by atoms with Crippen molar-refractivity contribution in [2.24, 2.45) is 0 Å². The molecule has 3 heterocycles. The molecule has 0 aromatic carbocycles. The van der Waals surface area contributed by atoms with Crippen LogP contribution in [0, 0.1) is 6.92 Å². The van der Waals surface area contributed by atoms with Gasteiger partial charge in [-0.1, -0.05) is 19.9 Å². The zero-order valence-corrected chi connectivity index (χ0v) is 12.5. The first-order valence-corrected chi connectivity index (χ1v) is 7.14. The van der Waals surface area contributed by atoms with Gasteiger partial charge in [0.25, 0.3) is 0 Å². The zero-order valence-electron chi connectivity index (χ0n) is 12.5. The van der Waals surface area contributed by atoms with Gasteiger partial charge >= 0.3 is 0 Å². The summed E-state index contributed by atoms with van der Waals surface area (Å²) in [6, 6.07) is 8.07. The summed E-state index contributed by atoms with van der Waals surface area (Å²) in [4.78, 5) is 9.01. The van der Waals surface area contributed by atoms with Gasteiger partial charge in [-0.25, -0.2) is 14.5 Å². The monoisotopic (exact) mass is 281 g/mol. The minimum absolute atomic E-state index is 0.393. The van der Waals surface area contributed by atoms with Crippen LogP contribution in [0.25, 0.3) is 5.52 Å². The molecular weight excluding hydrogens is 262 g/mol. The summed E-state index contributed by atoms with van der Waals surface area (Å²) in [5, 5.41) is 7.63. The SMILES string of the molecule is Cc1cc(C(C)C)nc(NCc2cnn3ccccc23)n1. The average Bonchev–Trinajstić information content (AvgIpc) is 2.88. The number of aryl methyl sites for hydroxylation is 1. The van der Waals surface area contributed by atoms with Gasteiger partial charge < -0.3 is 5.32 Å². The fourth-order valence-electron chi connectivity index (χ4n) is 2.27. The van der Waals surface area contributed by atoms with E-state index < -0.39 is 0 Å². The maximum Gasteiger partial charge on any atom is 0.223 e. The minimum Gasteiger partial charge on any atom is -0.350 e. The third-order valence-corrected chi connectivity index (χ3v) is 3.41. The molecule has 0 saturated carbocycles. The summed E-state index contributed by atoms with van der Waals surface area (Å²) in [6.45, 7) is 6.93. The summed E-state index contributed by atoms with van der Waals surface area (Å²) >= 11 is 0. The third kappa shape index (κ3) is 2.86. The van der Waals surface area contributed by atoms with Crippen LogP contribution < -0.4 is 5.32 Å². The van der Waals surface area contributed by atoms with Crippen molar-refractivity contribution in [1.82, 2.24) is 19.6 Å². The second-order valence-corrected chi connectivity index (χ2v) is 5.47. The van der Waals surface area contributed by atoms with Crippen molar-refractivity contribution in [3.63, 3.8) is 0 Å². The first kappa shape index (κ1) is 13.5. The maximum atomic E-state index is 4.56. The van der Waals surface area contributed by atoms with E-state index in [2.05, 4.69) is 40.3 Å². The number of rotatable bonds is 4. The number of anilines is 1. The van der Waals surface area contributed by atoms with Crippen LogP contribution in [0.3, 0.4) is 0 Å². The maximum absolute atomic E-state index is 4.56. The molecule has 0 unspecified atom stereocenters. The molecule has 3 rings (SSSR count). The number of hydrogen-bond acceptors (Lipinski definition) is 4. The summed E-state index contributed by atoms with van der Waals surface area (Å²) in [7, 11) is 0. The third-order valence-electron chi connectivity index (χ3n) is 3.41. The van der Waals surface area contributed by atoms with E-state index in [1.807, 2.05) is 42.0 Å². The fourth-order valence-corrected chi connectivity index (χ4v) is 2.27. The predicted octanol–water partition coefficient (Wildman–Crippen LogP) is 3.17. The van der Waals surface area contributed by atoms with Gasteiger partial charge in [0.15, 0.2) is 0 Å². The molecule has 0 aliphatic carbocycles. The van der Waals surface area contributed by atoms with Crippen LogP contribution in [-0.4, -0.2) is 19.6 Å². The molecule has 3 aromatic heterocycles. The zero-order chi connectivity index (χ0) is 14.8. The average molecular weight is 281 g/mol. The molecule has 0 amide bonds. The molecule has 0 aliphatic heterocycles. The Bertz CT molecular complexity index is 760. The van der Waals surface area contributed by atoms with E-state index in [0.717, 1.165) is 22.5 Å². The van der Waals surface area contributed by atoms with Gasteiger partial charge in [0.2, 0.25) is 5.95 Å². The molecule has 0 aliphatic rings. The van der Waals surface area contributed by atoms with Gasteiger partial charge in [-0.15, -0.1) is 0 Å². The number of aromatic nitrogens is 4. The normalized spacial score (nSPS) is 11.2. The molecular formula is C16H19N5. The molecule has 3 aromatic rings. The molecule has 5 nitrogen and oxygen atoms in total. The van der Waals surface area contributed by atoms with Crippen LogP contribution in [-0.2, 0) is 6.54 Å². The van der Waals surface area contributed by atoms with E-state index in [9.17, 15) is 0 Å². The van der Waals surface area contributed by atoms with Crippen molar-refractivity contribution in [1.29, 1.82) is 0 Å². The first-order valence-electron chi connectivity index (χ1n) is 7.14. The topological polar surface area (TPSA) is 55.1 Å². The number of nitrogens with zero attached hydrogens (tertiary/aromatic N) is 4. The van der Waals surface area contributed by atoms with E-state index in [-0.39, 0.29) is 0 Å². The first-order chi connectivity index (χ1) is 10.1. The smallest absolute Gasteiger partial charge is 0.223 e. The number of fused-ring (bicyclic) bond motifs is 1. The number of hydrogen-bond donors (Lipinski definition) is 1. The van der Waals surface area contributed by atoms with Gasteiger partial charge in [-0.2, -0.15) is 5.10 Å². The standard InChI is InChI=1S/C16H19N5/c1-11(2)14-8-12(3)19-16(20-14)17-9-13-10-18-21-7-5-4-6-15(13)21/h4-8,10-11H,9H2,1-3H3,(H,17,19,20). The summed E-state index contributed by atoms with van der Waals surface area (Å²) in [6.07, 6.45) is 3.82. The lowest BCUT2D eigenvalue weighted by atomic mass is 10.1. The molecule has 0 radical (unpaired) electrons. The van der Waals surface area contributed by atoms with E-state index in [1.54, 1.807) is 0 Å². The highest BCUT2D eigenvalue weighted by molar-refractivity contribution is 5.54. The van der Waals surface area contributed by atoms with E-state index in [1.165, 1.54) is 0 Å². The van der Waals surface area contributed by atoms with Crippen LogP contribution in [0.5, 0.6) is 0 Å². The van der Waals surface area contributed by atoms with Gasteiger partial charge in [0.1, 0.15) is 0 Å². The van der Waals surface area contributed by atoms with Crippen LogP contribution >= 0.6 is 0 Å². The largest absolute Gasteiger partial charge is 0.350 e. The quantitative estimate of drug-likeness (QED) is 0.798. The Balaban J connectivity index is 1.81. The van der Waals surface area contributed by atoms with E-state index in [0.29, 0.717) is 18.4 Å². The molecule has 0 spiro atoms. The van der Waals surface area contributed by atoms with E-state index >= 15 is 0 Å². The Morgan fingerprint density at radius 2 is 2.10 bits per heavy atom. The van der Waals surface area contributed by atoms with Crippen molar-refractivity contribution in [3.05, 3.63) is 53.6 Å². The highest BCUT2D eigenvalue weighted by atomic mass is 15.2. The van der Waals surface area contributed by atoms with E-state index in [4.69, 9.17) is 0 Å². The second-order valence-electron chi connectivity index (χ2n) is 5.47. The van der Waals surface area contributed by atoms with Crippen molar-refractivity contribution in [2.75, 3.05) is 5.32 Å². The molecule has 108 valence electrons. The second kappa shape index (κ2) is 5.52. The Morgan fingerprint density at radius 3 is 2.90 bits per heavy atom. The Morgan fingerprint density at radius 1 is 1.24 bits per heavy atom. The fraction of sp³-hybridized carbons (Fsp3) is 0.312. The lowest BCUT2D eigenvalue weighted by Gasteiger charge is -2.09. The van der Waals surface area contributed by atoms with Crippen molar-refractivity contribution in [3.8, 4) is 0 Å². The van der Waals surface area contributed by atoms with Crippen LogP contribution in [0.4, 0.5) is 5.95 Å². The highest BCUT2D eigenvalue weighted by Crippen LogP contribution is 2.16. The highest BCUT2D eigenvalue weighted by Gasteiger charge is 2.07. The Hall–Kier alpha value is -2.43. The number of nitrogens with one attached hydrogen (secondary N) is 1. The number of pyridine rings is 1. The van der Waals surface area contributed by atoms with Crippen molar-refractivity contribution >= 4 is 11.5 Å². The van der Waals surface area contributed by atoms with Crippen LogP contribution in [0.15, 0.2) is 36.7 Å². The van der Waals surface area contributed by atoms with Crippen molar-refractivity contribution in [2.45, 2.75) is 33.2 Å². The molecule has 21 heavy (non-hydrogen) atoms. The molecule has 0 saturated heterocycles. The molecule has 1 N–H and O–H groups in total. The van der Waals surface area contributed by atoms with Crippen molar-refractivity contribution < 1.29 is 0 Å². The van der Waals surface area contributed by atoms with Gasteiger partial charge in [0, 0.05) is 29.7 Å². The summed E-state index contributed by atoms with van der Waals surface area (Å²) in [5.41, 5.74) is 4.27. The van der Waals surface area contributed by atoms with Crippen LogP contribution in [0.1, 0.15) is 36.7 Å². The summed E-state index contributed by atoms with van der Waals surface area (Å²) < 4.78 is 1.87. The lowest BCUT2D eigenvalue weighted by Crippen LogP contribution is -2.07. The minimum atomic E-state index is 0.393.